The van der Waals surface area contributed by atoms with E-state index in [-0.39, 0.29) is 23.0 Å². The lowest BCUT2D eigenvalue weighted by Crippen LogP contribution is -2.17. The van der Waals surface area contributed by atoms with Crippen molar-refractivity contribution in [2.45, 2.75) is 11.3 Å². The number of sulfone groups is 1. The lowest BCUT2D eigenvalue weighted by molar-refractivity contribution is -0.115. The molecule has 28 heavy (non-hydrogen) atoms. The molecule has 5 nitrogen and oxygen atoms in total. The lowest BCUT2D eigenvalue weighted by Gasteiger charge is -2.06. The van der Waals surface area contributed by atoms with E-state index in [2.05, 4.69) is 10.3 Å². The van der Waals surface area contributed by atoms with Crippen LogP contribution in [-0.2, 0) is 14.6 Å². The summed E-state index contributed by atoms with van der Waals surface area (Å²) in [5.41, 5.74) is 1.77. The fourth-order valence-electron chi connectivity index (χ4n) is 2.72. The SMILES string of the molecule is O=C(CCS(=O)(=O)c1ccccc1)Nc1sccc1-c1nc2ccccc2s1. The first-order valence-electron chi connectivity index (χ1n) is 8.54. The van der Waals surface area contributed by atoms with E-state index in [4.69, 9.17) is 0 Å². The summed E-state index contributed by atoms with van der Waals surface area (Å²) in [7, 11) is -3.48. The van der Waals surface area contributed by atoms with Crippen LogP contribution in [0.4, 0.5) is 5.00 Å². The molecule has 0 atom stereocenters. The summed E-state index contributed by atoms with van der Waals surface area (Å²) in [5.74, 6) is -0.561. The molecule has 0 aliphatic carbocycles. The predicted octanol–water partition coefficient (Wildman–Crippen LogP) is 4.83. The molecular weight excluding hydrogens is 412 g/mol. The van der Waals surface area contributed by atoms with Crippen LogP contribution < -0.4 is 5.32 Å². The van der Waals surface area contributed by atoms with Gasteiger partial charge in [-0.15, -0.1) is 22.7 Å². The first kappa shape index (κ1) is 18.8. The number of aromatic nitrogens is 1. The third-order valence-electron chi connectivity index (χ3n) is 4.14. The number of nitrogens with zero attached hydrogens (tertiary/aromatic N) is 1. The van der Waals surface area contributed by atoms with Gasteiger partial charge in [-0.25, -0.2) is 13.4 Å². The number of carbonyl (C=O) groups is 1. The van der Waals surface area contributed by atoms with E-state index in [9.17, 15) is 13.2 Å². The standard InChI is InChI=1S/C20H16N2O3S3/c23-18(11-13-28(24,25)14-6-2-1-3-7-14)22-19-15(10-12-26-19)20-21-16-8-4-5-9-17(16)27-20/h1-10,12H,11,13H2,(H,22,23). The number of benzene rings is 2. The average Bonchev–Trinajstić information content (AvgIpc) is 3.33. The Morgan fingerprint density at radius 3 is 2.54 bits per heavy atom. The largest absolute Gasteiger partial charge is 0.317 e. The Kier molecular flexibility index (Phi) is 5.25. The zero-order chi connectivity index (χ0) is 19.6. The topological polar surface area (TPSA) is 76.1 Å². The number of nitrogens with one attached hydrogen (secondary N) is 1. The third-order valence-corrected chi connectivity index (χ3v) is 7.77. The van der Waals surface area contributed by atoms with Gasteiger partial charge in [-0.1, -0.05) is 30.3 Å². The van der Waals surface area contributed by atoms with Gasteiger partial charge in [-0.3, -0.25) is 4.79 Å². The van der Waals surface area contributed by atoms with Gasteiger partial charge in [0.15, 0.2) is 9.84 Å². The molecule has 1 amide bonds. The first-order valence-corrected chi connectivity index (χ1v) is 11.9. The molecule has 0 aliphatic heterocycles. The molecule has 2 heterocycles. The predicted molar refractivity (Wildman–Crippen MR) is 115 cm³/mol. The van der Waals surface area contributed by atoms with Crippen LogP contribution >= 0.6 is 22.7 Å². The monoisotopic (exact) mass is 428 g/mol. The maximum Gasteiger partial charge on any atom is 0.226 e. The molecule has 0 saturated heterocycles. The Balaban J connectivity index is 1.47. The number of anilines is 1. The Labute approximate surface area is 170 Å². The summed E-state index contributed by atoms with van der Waals surface area (Å²) in [5, 5.41) is 6.24. The van der Waals surface area contributed by atoms with E-state index in [1.54, 1.807) is 29.5 Å². The summed E-state index contributed by atoms with van der Waals surface area (Å²) in [6.07, 6.45) is -0.103. The number of amides is 1. The summed E-state index contributed by atoms with van der Waals surface area (Å²) >= 11 is 2.96. The Bertz CT molecular complexity index is 1190. The van der Waals surface area contributed by atoms with Crippen LogP contribution in [-0.4, -0.2) is 25.1 Å². The second-order valence-electron chi connectivity index (χ2n) is 6.08. The number of hydrogen-bond acceptors (Lipinski definition) is 6. The van der Waals surface area contributed by atoms with Gasteiger partial charge in [0.05, 0.1) is 20.9 Å². The molecule has 2 aromatic heterocycles. The molecule has 0 radical (unpaired) electrons. The number of thiophene rings is 1. The molecule has 0 spiro atoms. The van der Waals surface area contributed by atoms with E-state index >= 15 is 0 Å². The summed E-state index contributed by atoms with van der Waals surface area (Å²) in [6.45, 7) is 0. The maximum atomic E-state index is 12.4. The summed E-state index contributed by atoms with van der Waals surface area (Å²) in [6, 6.07) is 18.0. The minimum Gasteiger partial charge on any atom is -0.317 e. The van der Waals surface area contributed by atoms with Gasteiger partial charge in [-0.05, 0) is 35.7 Å². The number of carbonyl (C=O) groups excluding carboxylic acids is 1. The van der Waals surface area contributed by atoms with Crippen LogP contribution in [0.2, 0.25) is 0 Å². The van der Waals surface area contributed by atoms with Gasteiger partial charge in [-0.2, -0.15) is 0 Å². The van der Waals surface area contributed by atoms with E-state index in [1.807, 2.05) is 35.7 Å². The van der Waals surface area contributed by atoms with E-state index in [0.717, 1.165) is 20.8 Å². The number of rotatable bonds is 6. The fraction of sp³-hybridized carbons (Fsp3) is 0.100. The molecule has 0 fully saturated rings. The molecular formula is C20H16N2O3S3. The van der Waals surface area contributed by atoms with Crippen molar-refractivity contribution in [1.29, 1.82) is 0 Å². The number of fused-ring (bicyclic) bond motifs is 1. The van der Waals surface area contributed by atoms with Crippen LogP contribution in [0.5, 0.6) is 0 Å². The summed E-state index contributed by atoms with van der Waals surface area (Å²) in [4.78, 5) is 17.2. The number of thiazole rings is 1. The molecule has 2 aromatic carbocycles. The van der Waals surface area contributed by atoms with Crippen molar-refractivity contribution in [2.24, 2.45) is 0 Å². The molecule has 0 aliphatic rings. The van der Waals surface area contributed by atoms with Crippen LogP contribution in [0.25, 0.3) is 20.8 Å². The van der Waals surface area contributed by atoms with Crippen molar-refractivity contribution in [3.05, 3.63) is 66.0 Å². The third kappa shape index (κ3) is 3.99. The highest BCUT2D eigenvalue weighted by Gasteiger charge is 2.18. The lowest BCUT2D eigenvalue weighted by atomic mass is 10.3. The second-order valence-corrected chi connectivity index (χ2v) is 10.1. The zero-order valence-electron chi connectivity index (χ0n) is 14.7. The highest BCUT2D eigenvalue weighted by atomic mass is 32.2. The van der Waals surface area contributed by atoms with Crippen molar-refractivity contribution in [3.8, 4) is 10.6 Å². The van der Waals surface area contributed by atoms with Crippen molar-refractivity contribution < 1.29 is 13.2 Å². The van der Waals surface area contributed by atoms with Crippen molar-refractivity contribution >= 4 is 53.6 Å². The minimum atomic E-state index is -3.48. The van der Waals surface area contributed by atoms with Gasteiger partial charge < -0.3 is 5.32 Å². The highest BCUT2D eigenvalue weighted by Crippen LogP contribution is 2.37. The van der Waals surface area contributed by atoms with Gasteiger partial charge in [0.1, 0.15) is 10.0 Å². The van der Waals surface area contributed by atoms with Crippen LogP contribution in [0.15, 0.2) is 70.9 Å². The highest BCUT2D eigenvalue weighted by molar-refractivity contribution is 7.91. The smallest absolute Gasteiger partial charge is 0.226 e. The number of hydrogen-bond donors (Lipinski definition) is 1. The zero-order valence-corrected chi connectivity index (χ0v) is 17.1. The van der Waals surface area contributed by atoms with E-state index < -0.39 is 9.84 Å². The Morgan fingerprint density at radius 2 is 1.75 bits per heavy atom. The fourth-order valence-corrected chi connectivity index (χ4v) is 5.85. The van der Waals surface area contributed by atoms with Crippen LogP contribution in [0.3, 0.4) is 0 Å². The quantitative estimate of drug-likeness (QED) is 0.477. The van der Waals surface area contributed by atoms with Gasteiger partial charge in [0, 0.05) is 12.0 Å². The number of para-hydroxylation sites is 1. The summed E-state index contributed by atoms with van der Waals surface area (Å²) < 4.78 is 25.8. The van der Waals surface area contributed by atoms with Crippen LogP contribution in [0, 0.1) is 0 Å². The molecule has 8 heteroatoms. The molecule has 0 saturated carbocycles. The average molecular weight is 429 g/mol. The molecule has 142 valence electrons. The molecule has 0 unspecified atom stereocenters. The Morgan fingerprint density at radius 1 is 1.00 bits per heavy atom. The normalized spacial score (nSPS) is 11.6. The van der Waals surface area contributed by atoms with Gasteiger partial charge >= 0.3 is 0 Å². The van der Waals surface area contributed by atoms with Crippen molar-refractivity contribution in [2.75, 3.05) is 11.1 Å². The molecule has 0 bridgehead atoms. The molecule has 1 N–H and O–H groups in total. The van der Waals surface area contributed by atoms with Crippen LogP contribution in [0.1, 0.15) is 6.42 Å². The molecule has 4 rings (SSSR count). The molecule has 4 aromatic rings. The van der Waals surface area contributed by atoms with E-state index in [0.29, 0.717) is 5.00 Å². The van der Waals surface area contributed by atoms with Gasteiger partial charge in [0.2, 0.25) is 5.91 Å². The first-order chi connectivity index (χ1) is 13.5. The van der Waals surface area contributed by atoms with Gasteiger partial charge in [0.25, 0.3) is 0 Å². The minimum absolute atomic E-state index is 0.103. The van der Waals surface area contributed by atoms with E-state index in [1.165, 1.54) is 23.5 Å². The van der Waals surface area contributed by atoms with Crippen molar-refractivity contribution in [1.82, 2.24) is 4.98 Å². The van der Waals surface area contributed by atoms with Crippen molar-refractivity contribution in [3.63, 3.8) is 0 Å². The Hall–Kier alpha value is -2.55. The maximum absolute atomic E-state index is 12.4. The second kappa shape index (κ2) is 7.83.